The maximum atomic E-state index is 12.5. The number of hydrogen-bond acceptors (Lipinski definition) is 8. The van der Waals surface area contributed by atoms with E-state index in [-0.39, 0.29) is 18.8 Å². The average molecular weight is 371 g/mol. The number of ether oxygens (including phenoxy) is 1. The van der Waals surface area contributed by atoms with Crippen LogP contribution in [0.4, 0.5) is 0 Å². The molecule has 25 heavy (non-hydrogen) atoms. The Labute approximate surface area is 144 Å². The molecule has 1 amide bonds. The molecular weight excluding hydrogens is 353 g/mol. The van der Waals surface area contributed by atoms with Crippen molar-refractivity contribution in [2.75, 3.05) is 6.61 Å². The van der Waals surface area contributed by atoms with Crippen molar-refractivity contribution >= 4 is 19.5 Å². The number of nitrogens with zero attached hydrogens (tertiary/aromatic N) is 1. The van der Waals surface area contributed by atoms with Crippen molar-refractivity contribution in [1.82, 2.24) is 4.90 Å². The first kappa shape index (κ1) is 18.3. The van der Waals surface area contributed by atoms with Crippen molar-refractivity contribution in [3.63, 3.8) is 0 Å². The van der Waals surface area contributed by atoms with E-state index in [1.807, 2.05) is 0 Å². The van der Waals surface area contributed by atoms with E-state index in [1.165, 1.54) is 12.3 Å². The molecule has 10 heteroatoms. The van der Waals surface area contributed by atoms with Gasteiger partial charge in [-0.3, -0.25) is 28.1 Å². The van der Waals surface area contributed by atoms with E-state index < -0.39 is 43.9 Å². The van der Waals surface area contributed by atoms with Crippen LogP contribution >= 0.6 is 7.82 Å². The quantitative estimate of drug-likeness (QED) is 0.429. The molecule has 3 heterocycles. The molecule has 0 radical (unpaired) electrons. The first-order valence-corrected chi connectivity index (χ1v) is 9.14. The van der Waals surface area contributed by atoms with Crippen LogP contribution in [0.1, 0.15) is 20.3 Å². The molecular formula is C15H18NO8P. The summed E-state index contributed by atoms with van der Waals surface area (Å²) in [4.78, 5) is 24.5. The minimum atomic E-state index is -3.94. The smallest absolute Gasteiger partial charge is 0.371 e. The Morgan fingerprint density at radius 1 is 1.52 bits per heavy atom. The lowest BCUT2D eigenvalue weighted by atomic mass is 9.94. The van der Waals surface area contributed by atoms with E-state index in [0.717, 1.165) is 4.90 Å². The van der Waals surface area contributed by atoms with Crippen molar-refractivity contribution in [2.45, 2.75) is 50.4 Å². The summed E-state index contributed by atoms with van der Waals surface area (Å²) in [5.74, 6) is 1.23. The predicted octanol–water partition coefficient (Wildman–Crippen LogP) is 0.339. The highest BCUT2D eigenvalue weighted by Crippen LogP contribution is 2.58. The molecule has 0 unspecified atom stereocenters. The molecule has 0 aromatic heterocycles. The first-order valence-electron chi connectivity index (χ1n) is 7.68. The minimum absolute atomic E-state index is 0.195. The van der Waals surface area contributed by atoms with Crippen molar-refractivity contribution in [1.29, 1.82) is 0 Å². The third-order valence-corrected chi connectivity index (χ3v) is 5.58. The van der Waals surface area contributed by atoms with Crippen LogP contribution in [-0.4, -0.2) is 58.4 Å². The second-order valence-electron chi connectivity index (χ2n) is 6.18. The molecule has 0 bridgehead atoms. The summed E-state index contributed by atoms with van der Waals surface area (Å²) in [7, 11) is -3.94. The minimum Gasteiger partial charge on any atom is -0.371 e. The van der Waals surface area contributed by atoms with Gasteiger partial charge in [0.15, 0.2) is 17.6 Å². The Morgan fingerprint density at radius 2 is 2.24 bits per heavy atom. The lowest BCUT2D eigenvalue weighted by Crippen LogP contribution is -2.56. The van der Waals surface area contributed by atoms with E-state index in [1.54, 1.807) is 13.8 Å². The summed E-state index contributed by atoms with van der Waals surface area (Å²) in [6.45, 7) is 3.10. The van der Waals surface area contributed by atoms with Gasteiger partial charge in [0.25, 0.3) is 0 Å². The van der Waals surface area contributed by atoms with Gasteiger partial charge in [-0.05, 0) is 19.9 Å². The van der Waals surface area contributed by atoms with Crippen LogP contribution in [0.25, 0.3) is 0 Å². The van der Waals surface area contributed by atoms with Gasteiger partial charge in [-0.25, -0.2) is 4.57 Å². The van der Waals surface area contributed by atoms with Crippen LogP contribution < -0.4 is 0 Å². The Bertz CT molecular complexity index is 713. The molecule has 3 aliphatic heterocycles. The standard InChI is InChI=1S/C15H18NO8P/c1-4-15(19)13-11(8-21-25(20,24-13)23-9(2)3)22-14(15)16-6-5-10(17)7-12(16)18/h1,5-6,9,11,13-14,19H,7-8H2,2-3H3/t11-,13-,14-,15-,25+/m1/s1. The number of fused-ring (bicyclic) bond motifs is 1. The predicted molar refractivity (Wildman–Crippen MR) is 82.7 cm³/mol. The van der Waals surface area contributed by atoms with E-state index in [4.69, 9.17) is 24.7 Å². The van der Waals surface area contributed by atoms with Gasteiger partial charge in [-0.1, -0.05) is 5.92 Å². The number of ketones is 1. The fraction of sp³-hybridized carbons (Fsp3) is 0.600. The fourth-order valence-corrected chi connectivity index (χ4v) is 4.46. The van der Waals surface area contributed by atoms with Crippen LogP contribution in [0.15, 0.2) is 12.3 Å². The number of hydrogen-bond donors (Lipinski definition) is 1. The van der Waals surface area contributed by atoms with E-state index >= 15 is 0 Å². The molecule has 0 saturated carbocycles. The molecule has 0 spiro atoms. The van der Waals surface area contributed by atoms with Crippen molar-refractivity contribution in [2.24, 2.45) is 0 Å². The largest absolute Gasteiger partial charge is 0.475 e. The normalized spacial score (nSPS) is 41.1. The second kappa shape index (κ2) is 6.32. The van der Waals surface area contributed by atoms with E-state index in [9.17, 15) is 19.3 Å². The summed E-state index contributed by atoms with van der Waals surface area (Å²) < 4.78 is 33.9. The number of allylic oxidation sites excluding steroid dienone is 1. The lowest BCUT2D eigenvalue weighted by Gasteiger charge is -2.36. The molecule has 0 aromatic rings. The molecule has 1 N–H and O–H groups in total. The van der Waals surface area contributed by atoms with Gasteiger partial charge >= 0.3 is 7.82 Å². The van der Waals surface area contributed by atoms with Crippen LogP contribution in [0.5, 0.6) is 0 Å². The van der Waals surface area contributed by atoms with Crippen molar-refractivity contribution in [3.8, 4) is 12.3 Å². The molecule has 3 aliphatic rings. The Balaban J connectivity index is 1.89. The zero-order chi connectivity index (χ0) is 18.4. The highest BCUT2D eigenvalue weighted by atomic mass is 31.2. The van der Waals surface area contributed by atoms with Crippen LogP contribution in [0.2, 0.25) is 0 Å². The number of aliphatic hydroxyl groups is 1. The fourth-order valence-electron chi connectivity index (χ4n) is 2.87. The number of carbonyl (C=O) groups is 2. The number of rotatable bonds is 3. The highest BCUT2D eigenvalue weighted by molar-refractivity contribution is 7.48. The topological polar surface area (TPSA) is 112 Å². The van der Waals surface area contributed by atoms with Crippen molar-refractivity contribution in [3.05, 3.63) is 12.3 Å². The lowest BCUT2D eigenvalue weighted by molar-refractivity contribution is -0.152. The molecule has 2 fully saturated rings. The number of amides is 1. The number of terminal acetylenes is 1. The van der Waals surface area contributed by atoms with Crippen LogP contribution in [0.3, 0.4) is 0 Å². The first-order chi connectivity index (χ1) is 11.7. The van der Waals surface area contributed by atoms with Crippen molar-refractivity contribution < 1.29 is 37.6 Å². The number of carbonyl (C=O) groups excluding carboxylic acids is 2. The van der Waals surface area contributed by atoms with Crippen LogP contribution in [0, 0.1) is 12.3 Å². The summed E-state index contributed by atoms with van der Waals surface area (Å²) >= 11 is 0. The second-order valence-corrected chi connectivity index (χ2v) is 7.75. The summed E-state index contributed by atoms with van der Waals surface area (Å²) in [6, 6.07) is 0. The van der Waals surface area contributed by atoms with E-state index in [2.05, 4.69) is 5.92 Å². The number of phosphoric ester groups is 1. The average Bonchev–Trinajstić information content (AvgIpc) is 2.79. The van der Waals surface area contributed by atoms with Crippen LogP contribution in [-0.2, 0) is 32.5 Å². The summed E-state index contributed by atoms with van der Waals surface area (Å²) in [5, 5.41) is 10.9. The van der Waals surface area contributed by atoms with Gasteiger partial charge in [-0.15, -0.1) is 6.42 Å². The maximum absolute atomic E-state index is 12.5. The summed E-state index contributed by atoms with van der Waals surface area (Å²) in [6.07, 6.45) is 3.66. The SMILES string of the molecule is C#C[C@@]1(O)[C@@H]2O[P@](=O)(OC(C)C)OC[C@H]2O[C@H]1N1C=CC(=O)CC1=O. The van der Waals surface area contributed by atoms with Gasteiger partial charge in [0.2, 0.25) is 5.91 Å². The monoisotopic (exact) mass is 371 g/mol. The van der Waals surface area contributed by atoms with E-state index in [0.29, 0.717) is 0 Å². The maximum Gasteiger partial charge on any atom is 0.475 e. The molecule has 9 nitrogen and oxygen atoms in total. The third-order valence-electron chi connectivity index (χ3n) is 3.95. The van der Waals surface area contributed by atoms with Gasteiger partial charge < -0.3 is 9.84 Å². The zero-order valence-corrected chi connectivity index (χ0v) is 14.5. The number of phosphoric acid groups is 1. The Kier molecular flexibility index (Phi) is 4.62. The molecule has 2 saturated heterocycles. The van der Waals surface area contributed by atoms with Gasteiger partial charge in [-0.2, -0.15) is 0 Å². The highest BCUT2D eigenvalue weighted by Gasteiger charge is 2.63. The Hall–Kier alpha value is -1.53. The molecule has 0 aliphatic carbocycles. The molecule has 136 valence electrons. The molecule has 0 aromatic carbocycles. The Morgan fingerprint density at radius 3 is 2.84 bits per heavy atom. The third kappa shape index (κ3) is 3.17. The molecule has 5 atom stereocenters. The van der Waals surface area contributed by atoms with Gasteiger partial charge in [0.05, 0.1) is 19.1 Å². The summed E-state index contributed by atoms with van der Waals surface area (Å²) in [5.41, 5.74) is -2.09. The van der Waals surface area contributed by atoms with Gasteiger partial charge in [0.1, 0.15) is 12.2 Å². The van der Waals surface area contributed by atoms with Gasteiger partial charge in [0, 0.05) is 6.20 Å². The molecule has 3 rings (SSSR count). The zero-order valence-electron chi connectivity index (χ0n) is 13.7.